The second-order valence-electron chi connectivity index (χ2n) is 8.08. The van der Waals surface area contributed by atoms with Crippen LogP contribution in [-0.4, -0.2) is 50.6 Å². The molecule has 2 fully saturated rings. The van der Waals surface area contributed by atoms with E-state index in [0.29, 0.717) is 12.1 Å². The van der Waals surface area contributed by atoms with Crippen molar-refractivity contribution in [2.24, 2.45) is 22.4 Å². The Bertz CT molecular complexity index is 724. The van der Waals surface area contributed by atoms with Gasteiger partial charge in [0, 0.05) is 30.2 Å². The van der Waals surface area contributed by atoms with Crippen molar-refractivity contribution in [3.8, 4) is 0 Å². The molecule has 0 spiro atoms. The largest absolute Gasteiger partial charge is 0.404 e. The molecule has 2 aliphatic heterocycles. The minimum absolute atomic E-state index is 0.108. The van der Waals surface area contributed by atoms with Gasteiger partial charge in [0.25, 0.3) is 0 Å². The van der Waals surface area contributed by atoms with E-state index in [9.17, 15) is 0 Å². The summed E-state index contributed by atoms with van der Waals surface area (Å²) in [6.07, 6.45) is 8.34. The Morgan fingerprint density at radius 1 is 1.29 bits per heavy atom. The Kier molecular flexibility index (Phi) is 6.02. The molecule has 152 valence electrons. The Labute approximate surface area is 167 Å². The van der Waals surface area contributed by atoms with Gasteiger partial charge in [0.15, 0.2) is 0 Å². The summed E-state index contributed by atoms with van der Waals surface area (Å²) in [5.41, 5.74) is 15.8. The third-order valence-electron chi connectivity index (χ3n) is 5.91. The minimum Gasteiger partial charge on any atom is -0.404 e. The molecular formula is C21H32N6O. The number of rotatable bonds is 8. The Morgan fingerprint density at radius 2 is 2.14 bits per heavy atom. The van der Waals surface area contributed by atoms with Crippen molar-refractivity contribution in [1.82, 2.24) is 0 Å². The Balaban J connectivity index is 1.33. The van der Waals surface area contributed by atoms with Crippen molar-refractivity contribution in [3.05, 3.63) is 30.0 Å². The van der Waals surface area contributed by atoms with Crippen LogP contribution in [0.2, 0.25) is 0 Å². The Hall–Kier alpha value is -2.25. The number of nitrogens with two attached hydrogens (primary N) is 2. The number of fused-ring (bicyclic) bond motifs is 1. The van der Waals surface area contributed by atoms with Crippen molar-refractivity contribution in [2.45, 2.75) is 43.8 Å². The molecule has 0 amide bonds. The highest BCUT2D eigenvalue weighted by molar-refractivity contribution is 5.84. The van der Waals surface area contributed by atoms with Gasteiger partial charge in [-0.2, -0.15) is 0 Å². The number of benzene rings is 1. The van der Waals surface area contributed by atoms with Gasteiger partial charge < -0.3 is 32.2 Å². The van der Waals surface area contributed by atoms with Gasteiger partial charge >= 0.3 is 0 Å². The molecule has 1 unspecified atom stereocenters. The van der Waals surface area contributed by atoms with Gasteiger partial charge in [-0.3, -0.25) is 4.99 Å². The van der Waals surface area contributed by atoms with Gasteiger partial charge in [-0.05, 0) is 56.3 Å². The molecular weight excluding hydrogens is 352 g/mol. The number of hydrogen-bond donors (Lipinski definition) is 5. The zero-order valence-electron chi connectivity index (χ0n) is 16.4. The van der Waals surface area contributed by atoms with Crippen LogP contribution in [0.1, 0.15) is 25.7 Å². The van der Waals surface area contributed by atoms with Crippen LogP contribution in [0.25, 0.3) is 0 Å². The molecule has 7 nitrogen and oxygen atoms in total. The second-order valence-corrected chi connectivity index (χ2v) is 8.08. The SMILES string of the molecule is NC=C(C=NC1CC(CCCN)C1)C1CNc2ccc(NC3COC3)cc2N1. The molecule has 1 atom stereocenters. The van der Waals surface area contributed by atoms with Gasteiger partial charge in [0.05, 0.1) is 42.7 Å². The fraction of sp³-hybridized carbons (Fsp3) is 0.571. The molecule has 1 aromatic carbocycles. The topological polar surface area (TPSA) is 110 Å². The lowest BCUT2D eigenvalue weighted by atomic mass is 9.78. The van der Waals surface area contributed by atoms with Gasteiger partial charge in [-0.1, -0.05) is 0 Å². The van der Waals surface area contributed by atoms with E-state index in [0.717, 1.165) is 61.3 Å². The molecule has 1 saturated carbocycles. The summed E-state index contributed by atoms with van der Waals surface area (Å²) >= 11 is 0. The molecule has 1 saturated heterocycles. The second kappa shape index (κ2) is 8.84. The summed E-state index contributed by atoms with van der Waals surface area (Å²) in [7, 11) is 0. The van der Waals surface area contributed by atoms with Crippen LogP contribution in [0.4, 0.5) is 17.1 Å². The van der Waals surface area contributed by atoms with Gasteiger partial charge in [-0.25, -0.2) is 0 Å². The van der Waals surface area contributed by atoms with Crippen LogP contribution in [0, 0.1) is 5.92 Å². The van der Waals surface area contributed by atoms with E-state index in [1.807, 2.05) is 6.21 Å². The fourth-order valence-electron chi connectivity index (χ4n) is 4.02. The maximum Gasteiger partial charge on any atom is 0.0728 e. The first-order valence-electron chi connectivity index (χ1n) is 10.4. The monoisotopic (exact) mass is 384 g/mol. The summed E-state index contributed by atoms with van der Waals surface area (Å²) < 4.78 is 5.24. The normalized spacial score (nSPS) is 27.3. The smallest absolute Gasteiger partial charge is 0.0728 e. The predicted molar refractivity (Wildman–Crippen MR) is 116 cm³/mol. The van der Waals surface area contributed by atoms with Crippen molar-refractivity contribution >= 4 is 23.3 Å². The number of nitrogens with one attached hydrogen (secondary N) is 3. The minimum atomic E-state index is 0.108. The molecule has 28 heavy (non-hydrogen) atoms. The van der Waals surface area contributed by atoms with E-state index in [1.165, 1.54) is 19.3 Å². The molecule has 7 heteroatoms. The van der Waals surface area contributed by atoms with Crippen LogP contribution in [0.3, 0.4) is 0 Å². The van der Waals surface area contributed by atoms with E-state index >= 15 is 0 Å². The van der Waals surface area contributed by atoms with Gasteiger partial charge in [0.2, 0.25) is 0 Å². The third-order valence-corrected chi connectivity index (χ3v) is 5.91. The van der Waals surface area contributed by atoms with E-state index in [2.05, 4.69) is 34.1 Å². The maximum atomic E-state index is 5.92. The fourth-order valence-corrected chi connectivity index (χ4v) is 4.02. The third kappa shape index (κ3) is 4.42. The lowest BCUT2D eigenvalue weighted by Crippen LogP contribution is -2.40. The summed E-state index contributed by atoms with van der Waals surface area (Å²) in [6.45, 7) is 3.12. The lowest BCUT2D eigenvalue weighted by molar-refractivity contribution is 0.0211. The van der Waals surface area contributed by atoms with Crippen LogP contribution >= 0.6 is 0 Å². The maximum absolute atomic E-state index is 5.92. The predicted octanol–water partition coefficient (Wildman–Crippen LogP) is 2.13. The first-order valence-corrected chi connectivity index (χ1v) is 10.4. The first-order chi connectivity index (χ1) is 13.7. The van der Waals surface area contributed by atoms with Crippen molar-refractivity contribution < 1.29 is 4.74 Å². The molecule has 0 bridgehead atoms. The highest BCUT2D eigenvalue weighted by Crippen LogP contribution is 2.34. The molecule has 0 aromatic heterocycles. The Morgan fingerprint density at radius 3 is 2.86 bits per heavy atom. The summed E-state index contributed by atoms with van der Waals surface area (Å²) in [4.78, 5) is 4.77. The van der Waals surface area contributed by atoms with Crippen LogP contribution in [0.5, 0.6) is 0 Å². The van der Waals surface area contributed by atoms with E-state index < -0.39 is 0 Å². The molecule has 1 aliphatic carbocycles. The van der Waals surface area contributed by atoms with Crippen molar-refractivity contribution in [1.29, 1.82) is 0 Å². The molecule has 2 heterocycles. The first kappa shape index (κ1) is 19.1. The highest BCUT2D eigenvalue weighted by atomic mass is 16.5. The average Bonchev–Trinajstić information content (AvgIpc) is 2.65. The molecule has 4 rings (SSSR count). The number of anilines is 3. The van der Waals surface area contributed by atoms with E-state index in [4.69, 9.17) is 21.2 Å². The standard InChI is InChI=1S/C21H32N6O/c22-5-1-2-14-6-17(7-14)24-10-15(9-23)21-11-25-19-4-3-16(8-20(19)27-21)26-18-12-28-13-18/h3-4,8-10,14,17-18,21,25-27H,1-2,5-7,11-13,22-23H2. The lowest BCUT2D eigenvalue weighted by Gasteiger charge is -2.33. The number of aliphatic imine (C=N–C) groups is 1. The molecule has 1 aromatic rings. The van der Waals surface area contributed by atoms with Crippen LogP contribution < -0.4 is 27.4 Å². The number of nitrogens with zero attached hydrogens (tertiary/aromatic N) is 1. The zero-order chi connectivity index (χ0) is 19.3. The van der Waals surface area contributed by atoms with Crippen molar-refractivity contribution in [2.75, 3.05) is 42.3 Å². The quantitative estimate of drug-likeness (QED) is 0.439. The average molecular weight is 385 g/mol. The van der Waals surface area contributed by atoms with E-state index in [1.54, 1.807) is 6.20 Å². The van der Waals surface area contributed by atoms with Crippen LogP contribution in [-0.2, 0) is 4.74 Å². The summed E-state index contributed by atoms with van der Waals surface area (Å²) in [5, 5.41) is 10.6. The molecule has 0 radical (unpaired) electrons. The molecule has 3 aliphatic rings. The summed E-state index contributed by atoms with van der Waals surface area (Å²) in [6, 6.07) is 7.31. The highest BCUT2D eigenvalue weighted by Gasteiger charge is 2.28. The number of ether oxygens (including phenoxy) is 1. The van der Waals surface area contributed by atoms with Gasteiger partial charge in [-0.15, -0.1) is 0 Å². The zero-order valence-corrected chi connectivity index (χ0v) is 16.4. The molecule has 7 N–H and O–H groups in total. The number of hydrogen-bond acceptors (Lipinski definition) is 7. The van der Waals surface area contributed by atoms with Crippen LogP contribution in [0.15, 0.2) is 35.0 Å². The van der Waals surface area contributed by atoms with Gasteiger partial charge in [0.1, 0.15) is 0 Å². The van der Waals surface area contributed by atoms with Crippen molar-refractivity contribution in [3.63, 3.8) is 0 Å². The summed E-state index contributed by atoms with van der Waals surface area (Å²) in [5.74, 6) is 0.796. The van der Waals surface area contributed by atoms with E-state index in [-0.39, 0.29) is 6.04 Å².